The SMILES string of the molecule is Cc1cccc(C(=O)N2CCC(NC(=O)C(C)N3C(=O)c4ccccc4C3=O)CC2)c1. The van der Waals surface area contributed by atoms with Gasteiger partial charge in [-0.1, -0.05) is 29.8 Å². The summed E-state index contributed by atoms with van der Waals surface area (Å²) in [5.74, 6) is -1.26. The molecule has 0 radical (unpaired) electrons. The second-order valence-corrected chi connectivity index (χ2v) is 8.15. The van der Waals surface area contributed by atoms with Gasteiger partial charge >= 0.3 is 0 Å². The van der Waals surface area contributed by atoms with Crippen LogP contribution in [0.25, 0.3) is 0 Å². The molecule has 2 aliphatic rings. The molecule has 7 heteroatoms. The summed E-state index contributed by atoms with van der Waals surface area (Å²) in [6.45, 7) is 4.60. The van der Waals surface area contributed by atoms with Crippen LogP contribution in [0.4, 0.5) is 0 Å². The van der Waals surface area contributed by atoms with Crippen molar-refractivity contribution in [3.8, 4) is 0 Å². The fourth-order valence-corrected chi connectivity index (χ4v) is 4.19. The van der Waals surface area contributed by atoms with Gasteiger partial charge in [-0.25, -0.2) is 0 Å². The summed E-state index contributed by atoms with van der Waals surface area (Å²) in [7, 11) is 0. The number of aryl methyl sites for hydroxylation is 1. The van der Waals surface area contributed by atoms with Crippen LogP contribution < -0.4 is 5.32 Å². The van der Waals surface area contributed by atoms with E-state index in [4.69, 9.17) is 0 Å². The highest BCUT2D eigenvalue weighted by Crippen LogP contribution is 2.24. The van der Waals surface area contributed by atoms with Crippen LogP contribution in [0.1, 0.15) is 56.4 Å². The monoisotopic (exact) mass is 419 g/mol. The van der Waals surface area contributed by atoms with Crippen LogP contribution in [0.5, 0.6) is 0 Å². The van der Waals surface area contributed by atoms with Crippen molar-refractivity contribution in [2.75, 3.05) is 13.1 Å². The zero-order chi connectivity index (χ0) is 22.1. The molecule has 0 saturated carbocycles. The fraction of sp³-hybridized carbons (Fsp3) is 0.333. The Kier molecular flexibility index (Phi) is 5.59. The number of likely N-dealkylation sites (tertiary alicyclic amines) is 1. The normalized spacial score (nSPS) is 17.5. The molecule has 0 aliphatic carbocycles. The summed E-state index contributed by atoms with van der Waals surface area (Å²) in [6, 6.07) is 13.1. The molecule has 7 nitrogen and oxygen atoms in total. The van der Waals surface area contributed by atoms with Gasteiger partial charge < -0.3 is 10.2 Å². The van der Waals surface area contributed by atoms with Crippen molar-refractivity contribution in [1.82, 2.24) is 15.1 Å². The van der Waals surface area contributed by atoms with Gasteiger partial charge in [-0.15, -0.1) is 0 Å². The minimum atomic E-state index is -0.903. The predicted octanol–water partition coefficient (Wildman–Crippen LogP) is 2.40. The third-order valence-electron chi connectivity index (χ3n) is 5.99. The van der Waals surface area contributed by atoms with Gasteiger partial charge in [0, 0.05) is 24.7 Å². The number of carbonyl (C=O) groups is 4. The van der Waals surface area contributed by atoms with E-state index in [0.717, 1.165) is 10.5 Å². The third-order valence-corrected chi connectivity index (χ3v) is 5.99. The molecule has 160 valence electrons. The van der Waals surface area contributed by atoms with Gasteiger partial charge in [0.1, 0.15) is 6.04 Å². The summed E-state index contributed by atoms with van der Waals surface area (Å²) in [6.07, 6.45) is 1.25. The quantitative estimate of drug-likeness (QED) is 0.771. The number of amides is 4. The van der Waals surface area contributed by atoms with Crippen LogP contribution in [-0.4, -0.2) is 58.6 Å². The van der Waals surface area contributed by atoms with E-state index in [9.17, 15) is 19.2 Å². The van der Waals surface area contributed by atoms with E-state index in [1.54, 1.807) is 36.1 Å². The van der Waals surface area contributed by atoms with E-state index in [1.807, 2.05) is 31.2 Å². The molecule has 2 aromatic carbocycles. The largest absolute Gasteiger partial charge is 0.351 e. The molecule has 2 heterocycles. The second-order valence-electron chi connectivity index (χ2n) is 8.15. The molecular weight excluding hydrogens is 394 g/mol. The molecule has 1 unspecified atom stereocenters. The maximum Gasteiger partial charge on any atom is 0.262 e. The Morgan fingerprint density at radius 2 is 1.58 bits per heavy atom. The smallest absolute Gasteiger partial charge is 0.262 e. The maximum absolute atomic E-state index is 12.8. The van der Waals surface area contributed by atoms with Crippen molar-refractivity contribution in [3.63, 3.8) is 0 Å². The standard InChI is InChI=1S/C24H25N3O4/c1-15-6-5-7-17(14-15)22(29)26-12-10-18(11-13-26)25-21(28)16(2)27-23(30)19-8-3-4-9-20(19)24(27)31/h3-9,14,16,18H,10-13H2,1-2H3,(H,25,28). The first kappa shape index (κ1) is 20.8. The Bertz CT molecular complexity index is 1020. The predicted molar refractivity (Wildman–Crippen MR) is 115 cm³/mol. The second kappa shape index (κ2) is 8.34. The Morgan fingerprint density at radius 3 is 2.16 bits per heavy atom. The number of piperidine rings is 1. The molecule has 0 aromatic heterocycles. The average Bonchev–Trinajstić information content (AvgIpc) is 3.03. The maximum atomic E-state index is 12.8. The summed E-state index contributed by atoms with van der Waals surface area (Å²) < 4.78 is 0. The first-order chi connectivity index (χ1) is 14.9. The Balaban J connectivity index is 1.34. The molecule has 2 aliphatic heterocycles. The summed E-state index contributed by atoms with van der Waals surface area (Å²) >= 11 is 0. The number of hydrogen-bond donors (Lipinski definition) is 1. The van der Waals surface area contributed by atoms with E-state index in [-0.39, 0.29) is 17.9 Å². The van der Waals surface area contributed by atoms with Crippen LogP contribution in [0.3, 0.4) is 0 Å². The molecule has 1 fully saturated rings. The van der Waals surface area contributed by atoms with Crippen LogP contribution >= 0.6 is 0 Å². The molecule has 0 bridgehead atoms. The summed E-state index contributed by atoms with van der Waals surface area (Å²) in [5, 5.41) is 2.95. The number of imide groups is 1. The van der Waals surface area contributed by atoms with E-state index in [2.05, 4.69) is 5.32 Å². The van der Waals surface area contributed by atoms with E-state index in [0.29, 0.717) is 42.6 Å². The Morgan fingerprint density at radius 1 is 0.968 bits per heavy atom. The highest BCUT2D eigenvalue weighted by Gasteiger charge is 2.41. The van der Waals surface area contributed by atoms with Gasteiger partial charge in [0.2, 0.25) is 5.91 Å². The number of nitrogens with one attached hydrogen (secondary N) is 1. The minimum absolute atomic E-state index is 0.00660. The molecule has 1 saturated heterocycles. The van der Waals surface area contributed by atoms with Gasteiger partial charge in [-0.3, -0.25) is 24.1 Å². The molecule has 1 N–H and O–H groups in total. The van der Waals surface area contributed by atoms with Crippen LogP contribution in [-0.2, 0) is 4.79 Å². The van der Waals surface area contributed by atoms with Gasteiger partial charge in [0.05, 0.1) is 11.1 Å². The summed E-state index contributed by atoms with van der Waals surface area (Å²) in [5.41, 5.74) is 2.36. The number of benzene rings is 2. The van der Waals surface area contributed by atoms with Crippen molar-refractivity contribution < 1.29 is 19.2 Å². The Hall–Kier alpha value is -3.48. The number of nitrogens with zero attached hydrogens (tertiary/aromatic N) is 2. The van der Waals surface area contributed by atoms with Crippen molar-refractivity contribution in [2.24, 2.45) is 0 Å². The van der Waals surface area contributed by atoms with Gasteiger partial charge in [-0.2, -0.15) is 0 Å². The average molecular weight is 419 g/mol. The lowest BCUT2D eigenvalue weighted by Crippen LogP contribution is -2.53. The topological polar surface area (TPSA) is 86.8 Å². The number of carbonyl (C=O) groups excluding carboxylic acids is 4. The van der Waals surface area contributed by atoms with Crippen LogP contribution in [0.2, 0.25) is 0 Å². The van der Waals surface area contributed by atoms with E-state index < -0.39 is 17.9 Å². The van der Waals surface area contributed by atoms with Crippen molar-refractivity contribution in [1.29, 1.82) is 0 Å². The molecule has 31 heavy (non-hydrogen) atoms. The van der Waals surface area contributed by atoms with E-state index >= 15 is 0 Å². The Labute approximate surface area is 181 Å². The number of hydrogen-bond acceptors (Lipinski definition) is 4. The first-order valence-corrected chi connectivity index (χ1v) is 10.5. The molecule has 0 spiro atoms. The molecule has 2 aromatic rings. The van der Waals surface area contributed by atoms with Gasteiger partial charge in [0.15, 0.2) is 0 Å². The first-order valence-electron chi connectivity index (χ1n) is 10.5. The minimum Gasteiger partial charge on any atom is -0.351 e. The number of rotatable bonds is 4. The van der Waals surface area contributed by atoms with Crippen LogP contribution in [0, 0.1) is 6.92 Å². The highest BCUT2D eigenvalue weighted by molar-refractivity contribution is 6.22. The van der Waals surface area contributed by atoms with Crippen molar-refractivity contribution >= 4 is 23.6 Å². The third kappa shape index (κ3) is 3.95. The van der Waals surface area contributed by atoms with Gasteiger partial charge in [-0.05, 0) is 51.0 Å². The van der Waals surface area contributed by atoms with Crippen molar-refractivity contribution in [2.45, 2.75) is 38.8 Å². The lowest BCUT2D eigenvalue weighted by Gasteiger charge is -2.33. The van der Waals surface area contributed by atoms with Gasteiger partial charge in [0.25, 0.3) is 17.7 Å². The van der Waals surface area contributed by atoms with E-state index in [1.165, 1.54) is 0 Å². The molecular formula is C24H25N3O4. The zero-order valence-corrected chi connectivity index (χ0v) is 17.6. The zero-order valence-electron chi connectivity index (χ0n) is 17.6. The number of fused-ring (bicyclic) bond motifs is 1. The lowest BCUT2D eigenvalue weighted by molar-refractivity contribution is -0.125. The molecule has 1 atom stereocenters. The lowest BCUT2D eigenvalue weighted by atomic mass is 10.0. The van der Waals surface area contributed by atoms with Crippen LogP contribution in [0.15, 0.2) is 48.5 Å². The highest BCUT2D eigenvalue weighted by atomic mass is 16.2. The molecule has 4 amide bonds. The molecule has 4 rings (SSSR count). The van der Waals surface area contributed by atoms with Crippen molar-refractivity contribution in [3.05, 3.63) is 70.8 Å². The fourth-order valence-electron chi connectivity index (χ4n) is 4.19. The summed E-state index contributed by atoms with van der Waals surface area (Å²) in [4.78, 5) is 53.5.